The van der Waals surface area contributed by atoms with Gasteiger partial charge in [0.2, 0.25) is 11.4 Å². The summed E-state index contributed by atoms with van der Waals surface area (Å²) in [6.45, 7) is 0. The molecule has 4 nitrogen and oxygen atoms in total. The molecule has 2 atom stereocenters. The quantitative estimate of drug-likeness (QED) is 0.382. The van der Waals surface area contributed by atoms with Crippen LogP contribution in [0.25, 0.3) is 0 Å². The molecule has 17 heavy (non-hydrogen) atoms. The van der Waals surface area contributed by atoms with E-state index >= 15 is 0 Å². The van der Waals surface area contributed by atoms with Gasteiger partial charge in [0, 0.05) is 0 Å². The second-order valence-corrected chi connectivity index (χ2v) is 3.88. The van der Waals surface area contributed by atoms with Gasteiger partial charge in [-0.15, -0.1) is 0 Å². The Morgan fingerprint density at radius 2 is 1.24 bits per heavy atom. The van der Waals surface area contributed by atoms with Gasteiger partial charge in [-0.25, -0.2) is 0 Å². The molecule has 100 valence electrons. The van der Waals surface area contributed by atoms with Crippen LogP contribution in [0.15, 0.2) is 0 Å². The maximum atomic E-state index is 12.4. The summed E-state index contributed by atoms with van der Waals surface area (Å²) in [7, 11) is 0. The number of nitrogens with one attached hydrogen (secondary N) is 2. The Labute approximate surface area is 95.6 Å². The summed E-state index contributed by atoms with van der Waals surface area (Å²) >= 11 is 4.10. The Morgan fingerprint density at radius 1 is 0.941 bits per heavy atom. The van der Waals surface area contributed by atoms with Crippen molar-refractivity contribution in [3.8, 4) is 0 Å². The van der Waals surface area contributed by atoms with E-state index in [9.17, 15) is 26.3 Å². The third kappa shape index (κ3) is 2.40. The number of hydrogen-bond acceptors (Lipinski definition) is 3. The first-order valence-electron chi connectivity index (χ1n) is 3.99. The normalized spacial score (nSPS) is 35.2. The molecule has 0 saturated carbocycles. The van der Waals surface area contributed by atoms with Crippen LogP contribution in [0.3, 0.4) is 0 Å². The fraction of sp³-hybridized carbons (Fsp3) is 0.833. The van der Waals surface area contributed by atoms with E-state index in [-0.39, 0.29) is 0 Å². The summed E-state index contributed by atoms with van der Waals surface area (Å²) in [6, 6.07) is 0. The lowest BCUT2D eigenvalue weighted by atomic mass is 9.96. The first kappa shape index (κ1) is 14.3. The van der Waals surface area contributed by atoms with Crippen molar-refractivity contribution >= 4 is 17.3 Å². The van der Waals surface area contributed by atoms with E-state index in [0.29, 0.717) is 0 Å². The van der Waals surface area contributed by atoms with Crippen molar-refractivity contribution in [1.29, 1.82) is 0 Å². The minimum absolute atomic E-state index is 1.16. The predicted octanol–water partition coefficient (Wildman–Crippen LogP) is 0.356. The Morgan fingerprint density at radius 3 is 1.47 bits per heavy atom. The summed E-state index contributed by atoms with van der Waals surface area (Å²) < 4.78 is 74.1. The molecule has 1 aliphatic rings. The Balaban J connectivity index is 3.14. The number of rotatable bonds is 0. The maximum absolute atomic E-state index is 12.4. The van der Waals surface area contributed by atoms with Gasteiger partial charge < -0.3 is 20.8 Å². The lowest BCUT2D eigenvalue weighted by Gasteiger charge is -2.45. The molecule has 0 spiro atoms. The van der Waals surface area contributed by atoms with E-state index in [0.717, 1.165) is 0 Å². The smallest absolute Gasteiger partial charge is 0.363 e. The summed E-state index contributed by atoms with van der Waals surface area (Å²) in [5.41, 5.74) is -7.89. The molecule has 0 aromatic rings. The molecule has 11 heteroatoms. The molecule has 1 rings (SSSR count). The molecule has 1 saturated heterocycles. The van der Waals surface area contributed by atoms with Crippen LogP contribution in [0.5, 0.6) is 0 Å². The third-order valence-electron chi connectivity index (χ3n) is 2.09. The third-order valence-corrected chi connectivity index (χ3v) is 2.29. The van der Waals surface area contributed by atoms with Gasteiger partial charge in [0.25, 0.3) is 0 Å². The van der Waals surface area contributed by atoms with Crippen LogP contribution in [0.1, 0.15) is 6.42 Å². The summed E-state index contributed by atoms with van der Waals surface area (Å²) in [5, 5.41) is 19.5. The van der Waals surface area contributed by atoms with E-state index < -0.39 is 35.3 Å². The second kappa shape index (κ2) is 3.59. The van der Waals surface area contributed by atoms with Gasteiger partial charge in [-0.3, -0.25) is 0 Å². The molecule has 1 aliphatic heterocycles. The summed E-state index contributed by atoms with van der Waals surface area (Å²) in [4.78, 5) is 0. The average molecular weight is 284 g/mol. The van der Waals surface area contributed by atoms with Gasteiger partial charge >= 0.3 is 12.4 Å². The predicted molar refractivity (Wildman–Crippen MR) is 45.5 cm³/mol. The first-order chi connectivity index (χ1) is 7.31. The number of aliphatic hydroxyl groups is 2. The van der Waals surface area contributed by atoms with Gasteiger partial charge in [0.05, 0.1) is 6.42 Å². The maximum Gasteiger partial charge on any atom is 0.436 e. The number of alkyl halides is 6. The fourth-order valence-corrected chi connectivity index (χ4v) is 1.55. The SMILES string of the molecule is O[C@]1(C(F)(F)F)C[C@](O)(C(F)(F)F)NC(=S)N1. The van der Waals surface area contributed by atoms with E-state index in [1.165, 1.54) is 10.6 Å². The van der Waals surface area contributed by atoms with Gasteiger partial charge in [0.1, 0.15) is 0 Å². The summed E-state index contributed by atoms with van der Waals surface area (Å²) in [6.07, 6.45) is -12.9. The molecule has 0 aromatic carbocycles. The molecular weight excluding hydrogens is 278 g/mol. The Hall–Kier alpha value is -0.810. The second-order valence-electron chi connectivity index (χ2n) is 3.47. The lowest BCUT2D eigenvalue weighted by molar-refractivity contribution is -0.330. The largest absolute Gasteiger partial charge is 0.436 e. The molecule has 1 fully saturated rings. The van der Waals surface area contributed by atoms with E-state index in [1.807, 2.05) is 0 Å². The van der Waals surface area contributed by atoms with Crippen LogP contribution >= 0.6 is 12.2 Å². The van der Waals surface area contributed by atoms with Gasteiger partial charge in [-0.2, -0.15) is 26.3 Å². The van der Waals surface area contributed by atoms with Crippen LogP contribution in [0, 0.1) is 0 Å². The topological polar surface area (TPSA) is 64.5 Å². The standard InChI is InChI=1S/C6H6F6N2O2S/c7-5(8,9)3(15)1-4(16,6(10,11)12)14-2(17)13-3/h15-16H,1H2,(H2,13,14,17)/t3-,4-/m0/s1. The molecular formula is C6H6F6N2O2S. The van der Waals surface area contributed by atoms with Crippen molar-refractivity contribution in [3.63, 3.8) is 0 Å². The van der Waals surface area contributed by atoms with Gasteiger partial charge in [-0.05, 0) is 12.2 Å². The summed E-state index contributed by atoms with van der Waals surface area (Å²) in [5.74, 6) is 0. The molecule has 0 amide bonds. The highest BCUT2D eigenvalue weighted by Crippen LogP contribution is 2.41. The van der Waals surface area contributed by atoms with E-state index in [1.54, 1.807) is 0 Å². The van der Waals surface area contributed by atoms with Crippen LogP contribution < -0.4 is 10.6 Å². The van der Waals surface area contributed by atoms with Crippen molar-refractivity contribution in [3.05, 3.63) is 0 Å². The molecule has 0 aliphatic carbocycles. The number of halogens is 6. The monoisotopic (exact) mass is 284 g/mol. The van der Waals surface area contributed by atoms with Crippen molar-refractivity contribution in [1.82, 2.24) is 10.6 Å². The Bertz CT molecular complexity index is 314. The highest BCUT2D eigenvalue weighted by Gasteiger charge is 2.67. The average Bonchev–Trinajstić information content (AvgIpc) is 1.96. The highest BCUT2D eigenvalue weighted by molar-refractivity contribution is 7.80. The number of thiocarbonyl (C=S) groups is 1. The van der Waals surface area contributed by atoms with Crippen LogP contribution in [0.4, 0.5) is 26.3 Å². The van der Waals surface area contributed by atoms with Crippen molar-refractivity contribution in [2.24, 2.45) is 0 Å². The van der Waals surface area contributed by atoms with Gasteiger partial charge in [-0.1, -0.05) is 0 Å². The van der Waals surface area contributed by atoms with Crippen molar-refractivity contribution in [2.45, 2.75) is 30.2 Å². The number of hydrogen-bond donors (Lipinski definition) is 4. The Kier molecular flexibility index (Phi) is 3.01. The van der Waals surface area contributed by atoms with E-state index in [4.69, 9.17) is 10.2 Å². The molecule has 0 bridgehead atoms. The van der Waals surface area contributed by atoms with Crippen LogP contribution in [-0.4, -0.2) is 39.1 Å². The molecule has 0 unspecified atom stereocenters. The van der Waals surface area contributed by atoms with Crippen molar-refractivity contribution in [2.75, 3.05) is 0 Å². The zero-order valence-corrected chi connectivity index (χ0v) is 8.59. The molecule has 0 radical (unpaired) electrons. The van der Waals surface area contributed by atoms with Crippen molar-refractivity contribution < 1.29 is 36.6 Å². The first-order valence-corrected chi connectivity index (χ1v) is 4.40. The molecule has 1 heterocycles. The zero-order chi connectivity index (χ0) is 13.7. The minimum atomic E-state index is -5.43. The lowest BCUT2D eigenvalue weighted by Crippen LogP contribution is -2.76. The van der Waals surface area contributed by atoms with E-state index in [2.05, 4.69) is 12.2 Å². The van der Waals surface area contributed by atoms with Crippen LogP contribution in [-0.2, 0) is 0 Å². The van der Waals surface area contributed by atoms with Gasteiger partial charge in [0.15, 0.2) is 5.11 Å². The van der Waals surface area contributed by atoms with Crippen LogP contribution in [0.2, 0.25) is 0 Å². The molecule has 0 aromatic heterocycles. The highest BCUT2D eigenvalue weighted by atomic mass is 32.1. The minimum Gasteiger partial charge on any atom is -0.363 e. The zero-order valence-electron chi connectivity index (χ0n) is 7.78. The molecule has 4 N–H and O–H groups in total. The fourth-order valence-electron chi connectivity index (χ4n) is 1.21.